The van der Waals surface area contributed by atoms with Crippen LogP contribution in [0.5, 0.6) is 5.88 Å². The molecule has 0 bridgehead atoms. The van der Waals surface area contributed by atoms with Crippen LogP contribution in [0.1, 0.15) is 11.1 Å². The predicted molar refractivity (Wildman–Crippen MR) is 72.8 cm³/mol. The van der Waals surface area contributed by atoms with Gasteiger partial charge in [0, 0.05) is 29.4 Å². The molecule has 2 rings (SSSR count). The number of hydrogen-bond donors (Lipinski definition) is 1. The first-order valence-corrected chi connectivity index (χ1v) is 6.13. The molecule has 2 aromatic rings. The molecule has 4 heteroatoms. The minimum atomic E-state index is 0.429. The Hall–Kier alpha value is -1.58. The molecule has 0 aliphatic rings. The molecule has 1 N–H and O–H groups in total. The van der Waals surface area contributed by atoms with Crippen LogP contribution in [0.2, 0.25) is 5.02 Å². The van der Waals surface area contributed by atoms with Crippen LogP contribution in [0.3, 0.4) is 0 Å². The van der Waals surface area contributed by atoms with E-state index in [1.165, 1.54) is 0 Å². The summed E-state index contributed by atoms with van der Waals surface area (Å²) in [6.45, 7) is 1.23. The molecule has 0 aliphatic carbocycles. The summed E-state index contributed by atoms with van der Waals surface area (Å²) in [7, 11) is 1.90. The highest BCUT2D eigenvalue weighted by Gasteiger charge is 2.01. The van der Waals surface area contributed by atoms with Crippen molar-refractivity contribution in [3.05, 3.63) is 58.7 Å². The molecule has 0 amide bonds. The highest BCUT2D eigenvalue weighted by Crippen LogP contribution is 2.17. The lowest BCUT2D eigenvalue weighted by atomic mass is 10.2. The fraction of sp³-hybridized carbons (Fsp3) is 0.214. The van der Waals surface area contributed by atoms with Crippen molar-refractivity contribution in [2.45, 2.75) is 13.2 Å². The van der Waals surface area contributed by atoms with Crippen LogP contribution in [-0.2, 0) is 13.2 Å². The van der Waals surface area contributed by atoms with E-state index in [9.17, 15) is 0 Å². The number of pyridine rings is 1. The molecular weight excluding hydrogens is 248 g/mol. The van der Waals surface area contributed by atoms with Crippen molar-refractivity contribution in [1.29, 1.82) is 0 Å². The number of ether oxygens (including phenoxy) is 1. The van der Waals surface area contributed by atoms with Crippen molar-refractivity contribution < 1.29 is 4.74 Å². The van der Waals surface area contributed by atoms with E-state index in [-0.39, 0.29) is 0 Å². The van der Waals surface area contributed by atoms with E-state index in [0.717, 1.165) is 17.7 Å². The maximum atomic E-state index is 6.05. The van der Waals surface area contributed by atoms with Crippen LogP contribution in [0.25, 0.3) is 0 Å². The van der Waals surface area contributed by atoms with Crippen molar-refractivity contribution in [1.82, 2.24) is 10.3 Å². The van der Waals surface area contributed by atoms with Crippen LogP contribution in [-0.4, -0.2) is 12.0 Å². The lowest BCUT2D eigenvalue weighted by Gasteiger charge is -2.07. The first-order chi connectivity index (χ1) is 8.79. The number of nitrogens with zero attached hydrogens (tertiary/aromatic N) is 1. The highest BCUT2D eigenvalue weighted by atomic mass is 35.5. The molecule has 0 fully saturated rings. The van der Waals surface area contributed by atoms with Crippen molar-refractivity contribution in [3.63, 3.8) is 0 Å². The Morgan fingerprint density at radius 2 is 2.06 bits per heavy atom. The number of benzene rings is 1. The van der Waals surface area contributed by atoms with Crippen LogP contribution < -0.4 is 10.1 Å². The summed E-state index contributed by atoms with van der Waals surface area (Å²) in [5.41, 5.74) is 2.09. The number of hydrogen-bond acceptors (Lipinski definition) is 3. The Morgan fingerprint density at radius 3 is 2.72 bits per heavy atom. The molecule has 0 spiro atoms. The van der Waals surface area contributed by atoms with Gasteiger partial charge < -0.3 is 10.1 Å². The second-order valence-electron chi connectivity index (χ2n) is 3.92. The van der Waals surface area contributed by atoms with E-state index < -0.39 is 0 Å². The summed E-state index contributed by atoms with van der Waals surface area (Å²) in [6, 6.07) is 11.5. The smallest absolute Gasteiger partial charge is 0.213 e. The molecule has 0 radical (unpaired) electrons. The number of aromatic nitrogens is 1. The van der Waals surface area contributed by atoms with Gasteiger partial charge >= 0.3 is 0 Å². The standard InChI is InChI=1S/C14H15ClN2O/c1-16-8-11-6-7-14(17-9-11)18-10-12-4-2-3-5-13(12)15/h2-7,9,16H,8,10H2,1H3. The summed E-state index contributed by atoms with van der Waals surface area (Å²) in [5.74, 6) is 0.606. The Morgan fingerprint density at radius 1 is 1.22 bits per heavy atom. The third-order valence-electron chi connectivity index (χ3n) is 2.51. The zero-order valence-electron chi connectivity index (χ0n) is 10.2. The first kappa shape index (κ1) is 12.9. The topological polar surface area (TPSA) is 34.1 Å². The Labute approximate surface area is 112 Å². The number of rotatable bonds is 5. The largest absolute Gasteiger partial charge is 0.473 e. The lowest BCUT2D eigenvalue weighted by Crippen LogP contribution is -2.05. The van der Waals surface area contributed by atoms with Crippen molar-refractivity contribution in [2.75, 3.05) is 7.05 Å². The Kier molecular flexibility index (Phi) is 4.56. The van der Waals surface area contributed by atoms with E-state index in [0.29, 0.717) is 17.5 Å². The monoisotopic (exact) mass is 262 g/mol. The van der Waals surface area contributed by atoms with Gasteiger partial charge in [-0.2, -0.15) is 0 Å². The third-order valence-corrected chi connectivity index (χ3v) is 2.88. The predicted octanol–water partition coefficient (Wildman–Crippen LogP) is 3.03. The van der Waals surface area contributed by atoms with Crippen molar-refractivity contribution >= 4 is 11.6 Å². The average molecular weight is 263 g/mol. The number of halogens is 1. The van der Waals surface area contributed by atoms with E-state index in [4.69, 9.17) is 16.3 Å². The highest BCUT2D eigenvalue weighted by molar-refractivity contribution is 6.31. The molecule has 0 atom stereocenters. The number of nitrogens with one attached hydrogen (secondary N) is 1. The van der Waals surface area contributed by atoms with Gasteiger partial charge in [0.25, 0.3) is 0 Å². The fourth-order valence-corrected chi connectivity index (χ4v) is 1.76. The second kappa shape index (κ2) is 6.38. The van der Waals surface area contributed by atoms with E-state index in [1.807, 2.05) is 43.4 Å². The van der Waals surface area contributed by atoms with Crippen LogP contribution in [0.4, 0.5) is 0 Å². The molecular formula is C14H15ClN2O. The molecule has 1 heterocycles. The van der Waals surface area contributed by atoms with Gasteiger partial charge in [0.05, 0.1) is 0 Å². The van der Waals surface area contributed by atoms with Gasteiger partial charge in [-0.25, -0.2) is 4.98 Å². The second-order valence-corrected chi connectivity index (χ2v) is 4.32. The maximum Gasteiger partial charge on any atom is 0.213 e. The third kappa shape index (κ3) is 3.45. The normalized spacial score (nSPS) is 10.3. The van der Waals surface area contributed by atoms with Crippen LogP contribution in [0.15, 0.2) is 42.6 Å². The first-order valence-electron chi connectivity index (χ1n) is 5.75. The summed E-state index contributed by atoms with van der Waals surface area (Å²) in [6.07, 6.45) is 1.80. The molecule has 1 aromatic heterocycles. The van der Waals surface area contributed by atoms with Gasteiger partial charge in [-0.05, 0) is 18.7 Å². The molecule has 18 heavy (non-hydrogen) atoms. The van der Waals surface area contributed by atoms with Crippen LogP contribution >= 0.6 is 11.6 Å². The molecule has 1 aromatic carbocycles. The summed E-state index contributed by atoms with van der Waals surface area (Å²) in [5, 5.41) is 3.78. The maximum absolute atomic E-state index is 6.05. The minimum Gasteiger partial charge on any atom is -0.473 e. The van der Waals surface area contributed by atoms with Gasteiger partial charge in [0.1, 0.15) is 6.61 Å². The van der Waals surface area contributed by atoms with Crippen molar-refractivity contribution in [2.24, 2.45) is 0 Å². The molecule has 0 unspecified atom stereocenters. The fourth-order valence-electron chi connectivity index (χ4n) is 1.57. The molecule has 0 saturated heterocycles. The molecule has 0 saturated carbocycles. The van der Waals surface area contributed by atoms with Crippen molar-refractivity contribution in [3.8, 4) is 5.88 Å². The lowest BCUT2D eigenvalue weighted by molar-refractivity contribution is 0.294. The molecule has 94 valence electrons. The van der Waals surface area contributed by atoms with E-state index in [1.54, 1.807) is 6.20 Å². The average Bonchev–Trinajstić information content (AvgIpc) is 2.40. The molecule has 3 nitrogen and oxygen atoms in total. The Balaban J connectivity index is 1.96. The summed E-state index contributed by atoms with van der Waals surface area (Å²) >= 11 is 6.05. The minimum absolute atomic E-state index is 0.429. The zero-order valence-corrected chi connectivity index (χ0v) is 10.9. The van der Waals surface area contributed by atoms with Gasteiger partial charge in [0.2, 0.25) is 5.88 Å². The summed E-state index contributed by atoms with van der Waals surface area (Å²) in [4.78, 5) is 4.24. The molecule has 0 aliphatic heterocycles. The van der Waals surface area contributed by atoms with Crippen LogP contribution in [0, 0.1) is 0 Å². The SMILES string of the molecule is CNCc1ccc(OCc2ccccc2Cl)nc1. The van der Waals surface area contributed by atoms with E-state index in [2.05, 4.69) is 10.3 Å². The van der Waals surface area contributed by atoms with Gasteiger partial charge in [-0.3, -0.25) is 0 Å². The van der Waals surface area contributed by atoms with E-state index >= 15 is 0 Å². The van der Waals surface area contributed by atoms with Gasteiger partial charge in [-0.15, -0.1) is 0 Å². The van der Waals surface area contributed by atoms with Gasteiger partial charge in [0.15, 0.2) is 0 Å². The quantitative estimate of drug-likeness (QED) is 0.899. The summed E-state index contributed by atoms with van der Waals surface area (Å²) < 4.78 is 5.59. The van der Waals surface area contributed by atoms with Gasteiger partial charge in [-0.1, -0.05) is 35.9 Å². The zero-order chi connectivity index (χ0) is 12.8. The Bertz CT molecular complexity index is 499.